The second-order valence-electron chi connectivity index (χ2n) is 6.70. The van der Waals surface area contributed by atoms with E-state index >= 15 is 0 Å². The van der Waals surface area contributed by atoms with Crippen molar-refractivity contribution in [3.63, 3.8) is 0 Å². The Bertz CT molecular complexity index is 1130. The Morgan fingerprint density at radius 2 is 1.97 bits per heavy atom. The number of aromatic carboxylic acids is 1. The first-order valence-electron chi connectivity index (χ1n) is 8.77. The Kier molecular flexibility index (Phi) is 4.67. The van der Waals surface area contributed by atoms with Gasteiger partial charge in [0.05, 0.1) is 11.1 Å². The number of carbonyl (C=O) groups excluding carboxylic acids is 1. The highest BCUT2D eigenvalue weighted by Gasteiger charge is 2.36. The van der Waals surface area contributed by atoms with Gasteiger partial charge in [-0.15, -0.1) is 0 Å². The van der Waals surface area contributed by atoms with E-state index in [1.54, 1.807) is 24.3 Å². The number of hydrogen-bond donors (Lipinski definition) is 2. The minimum absolute atomic E-state index is 0.0492. The summed E-state index contributed by atoms with van der Waals surface area (Å²) in [6, 6.07) is 9.66. The Morgan fingerprint density at radius 1 is 1.24 bits per heavy atom. The van der Waals surface area contributed by atoms with Gasteiger partial charge in [0.15, 0.2) is 5.84 Å². The largest absolute Gasteiger partial charge is 0.478 e. The van der Waals surface area contributed by atoms with Crippen molar-refractivity contribution in [1.82, 2.24) is 5.01 Å². The maximum absolute atomic E-state index is 12.4. The molecule has 0 radical (unpaired) electrons. The molecule has 0 spiro atoms. The molecule has 4 rings (SSSR count). The predicted molar refractivity (Wildman–Crippen MR) is 111 cm³/mol. The van der Waals surface area contributed by atoms with E-state index in [2.05, 4.69) is 10.1 Å². The number of aliphatic imine (C=N–C) groups is 1. The smallest absolute Gasteiger partial charge is 0.335 e. The topological polar surface area (TPSA) is 119 Å². The number of hydrazone groups is 1. The molecule has 0 fully saturated rings. The zero-order valence-corrected chi connectivity index (χ0v) is 16.4. The summed E-state index contributed by atoms with van der Waals surface area (Å²) in [4.78, 5) is 27.4. The summed E-state index contributed by atoms with van der Waals surface area (Å²) in [6.07, 6.45) is 1.47. The van der Waals surface area contributed by atoms with Crippen LogP contribution in [-0.4, -0.2) is 38.0 Å². The third-order valence-electron chi connectivity index (χ3n) is 4.29. The lowest BCUT2D eigenvalue weighted by Gasteiger charge is -2.19. The number of carboxylic acid groups (broad SMARTS) is 1. The van der Waals surface area contributed by atoms with Gasteiger partial charge in [-0.1, -0.05) is 26.0 Å². The molecule has 0 unspecified atom stereocenters. The van der Waals surface area contributed by atoms with Gasteiger partial charge < -0.3 is 9.52 Å². The molecule has 1 amide bonds. The number of nitrogens with one attached hydrogen (secondary N) is 1. The average molecular weight is 408 g/mol. The van der Waals surface area contributed by atoms with Crippen molar-refractivity contribution in [2.75, 3.05) is 0 Å². The molecule has 0 bridgehead atoms. The molecule has 2 aliphatic rings. The monoisotopic (exact) mass is 408 g/mol. The summed E-state index contributed by atoms with van der Waals surface area (Å²) >= 11 is 1.29. The molecular weight excluding hydrogens is 392 g/mol. The van der Waals surface area contributed by atoms with Crippen molar-refractivity contribution < 1.29 is 19.1 Å². The summed E-state index contributed by atoms with van der Waals surface area (Å²) in [7, 11) is 0. The zero-order valence-electron chi connectivity index (χ0n) is 15.5. The zero-order chi connectivity index (χ0) is 20.7. The molecule has 2 N–H and O–H groups in total. The van der Waals surface area contributed by atoms with Gasteiger partial charge in [0.25, 0.3) is 5.91 Å². The molecule has 1 aromatic carbocycles. The number of amides is 1. The number of fused-ring (bicyclic) bond motifs is 1. The van der Waals surface area contributed by atoms with Gasteiger partial charge in [0.2, 0.25) is 5.17 Å². The summed E-state index contributed by atoms with van der Waals surface area (Å²) in [5.41, 5.74) is 0.972. The minimum Gasteiger partial charge on any atom is -0.478 e. The molecule has 2 aromatic rings. The number of hydrogen-bond acceptors (Lipinski definition) is 6. The third-order valence-corrected chi connectivity index (χ3v) is 5.50. The van der Waals surface area contributed by atoms with E-state index in [1.165, 1.54) is 35.0 Å². The van der Waals surface area contributed by atoms with Crippen LogP contribution in [0.25, 0.3) is 17.4 Å². The summed E-state index contributed by atoms with van der Waals surface area (Å²) in [5, 5.41) is 24.3. The van der Waals surface area contributed by atoms with Crippen molar-refractivity contribution in [3.8, 4) is 11.3 Å². The van der Waals surface area contributed by atoms with Gasteiger partial charge in [0.1, 0.15) is 16.6 Å². The molecule has 0 atom stereocenters. The maximum atomic E-state index is 12.4. The lowest BCUT2D eigenvalue weighted by molar-refractivity contribution is -0.114. The van der Waals surface area contributed by atoms with E-state index in [-0.39, 0.29) is 22.9 Å². The normalized spacial score (nSPS) is 17.6. The van der Waals surface area contributed by atoms with Crippen LogP contribution in [0.5, 0.6) is 0 Å². The minimum atomic E-state index is -1.00. The molecule has 2 aliphatic heterocycles. The SMILES string of the molecule is CC(C)C1=NN2C(=N)/C(=C\c3ccc(-c4ccc(C(=O)O)cc4)o3)C(=O)N=C2S1. The van der Waals surface area contributed by atoms with Gasteiger partial charge in [0, 0.05) is 11.5 Å². The molecule has 8 nitrogen and oxygen atoms in total. The molecule has 0 aliphatic carbocycles. The molecular formula is C20H16N4O4S. The first kappa shape index (κ1) is 18.9. The van der Waals surface area contributed by atoms with Crippen LogP contribution in [0.1, 0.15) is 30.0 Å². The molecule has 0 saturated heterocycles. The number of rotatable bonds is 4. The van der Waals surface area contributed by atoms with E-state index < -0.39 is 11.9 Å². The van der Waals surface area contributed by atoms with Crippen LogP contribution in [0, 0.1) is 11.3 Å². The van der Waals surface area contributed by atoms with Crippen LogP contribution >= 0.6 is 11.8 Å². The van der Waals surface area contributed by atoms with Crippen LogP contribution in [-0.2, 0) is 4.79 Å². The van der Waals surface area contributed by atoms with Crippen molar-refractivity contribution >= 4 is 45.8 Å². The Hall–Kier alpha value is -3.46. The van der Waals surface area contributed by atoms with Crippen molar-refractivity contribution in [3.05, 3.63) is 53.3 Å². The van der Waals surface area contributed by atoms with Gasteiger partial charge in [-0.2, -0.15) is 15.1 Å². The average Bonchev–Trinajstić information content (AvgIpc) is 3.32. The van der Waals surface area contributed by atoms with Crippen molar-refractivity contribution in [2.45, 2.75) is 13.8 Å². The van der Waals surface area contributed by atoms with Crippen LogP contribution < -0.4 is 0 Å². The van der Waals surface area contributed by atoms with Crippen molar-refractivity contribution in [1.29, 1.82) is 5.41 Å². The van der Waals surface area contributed by atoms with Crippen molar-refractivity contribution in [2.24, 2.45) is 16.0 Å². The number of furan rings is 1. The van der Waals surface area contributed by atoms with E-state index in [0.717, 1.165) is 5.04 Å². The number of amidine groups is 2. The predicted octanol–water partition coefficient (Wildman–Crippen LogP) is 3.92. The van der Waals surface area contributed by atoms with Gasteiger partial charge in [-0.25, -0.2) is 4.79 Å². The summed E-state index contributed by atoms with van der Waals surface area (Å²) in [5.74, 6) is -0.494. The quantitative estimate of drug-likeness (QED) is 0.740. The second-order valence-corrected chi connectivity index (χ2v) is 7.69. The molecule has 146 valence electrons. The van der Waals surface area contributed by atoms with Crippen LogP contribution in [0.3, 0.4) is 0 Å². The Labute approximate surface area is 170 Å². The van der Waals surface area contributed by atoms with Gasteiger partial charge >= 0.3 is 5.97 Å². The first-order valence-corrected chi connectivity index (χ1v) is 9.59. The van der Waals surface area contributed by atoms with Gasteiger partial charge in [-0.05, 0) is 42.1 Å². The molecule has 3 heterocycles. The lowest BCUT2D eigenvalue weighted by Crippen LogP contribution is -2.35. The van der Waals surface area contributed by atoms with E-state index in [4.69, 9.17) is 14.9 Å². The van der Waals surface area contributed by atoms with E-state index in [1.807, 2.05) is 13.8 Å². The Morgan fingerprint density at radius 3 is 2.62 bits per heavy atom. The van der Waals surface area contributed by atoms with Crippen LogP contribution in [0.2, 0.25) is 0 Å². The maximum Gasteiger partial charge on any atom is 0.335 e. The molecule has 29 heavy (non-hydrogen) atoms. The summed E-state index contributed by atoms with van der Waals surface area (Å²) < 4.78 is 5.76. The highest BCUT2D eigenvalue weighted by atomic mass is 32.2. The fraction of sp³-hybridized carbons (Fsp3) is 0.150. The summed E-state index contributed by atoms with van der Waals surface area (Å²) in [6.45, 7) is 3.97. The van der Waals surface area contributed by atoms with Crippen LogP contribution in [0.4, 0.5) is 0 Å². The number of thioether (sulfide) groups is 1. The fourth-order valence-corrected chi connectivity index (χ4v) is 3.64. The van der Waals surface area contributed by atoms with Gasteiger partial charge in [-0.3, -0.25) is 10.2 Å². The molecule has 9 heteroatoms. The standard InChI is InChI=1S/C20H16N4O4S/c1-10(2)18-23-24-16(21)14(17(25)22-20(24)29-18)9-13-7-8-15(28-13)11-3-5-12(6-4-11)19(26)27/h3-10,21H,1-2H3,(H,26,27)/b14-9+,21-16?. The number of carboxylic acids is 1. The first-order chi connectivity index (χ1) is 13.8. The number of benzene rings is 1. The highest BCUT2D eigenvalue weighted by molar-refractivity contribution is 8.27. The van der Waals surface area contributed by atoms with Crippen LogP contribution in [0.15, 0.2) is 56.5 Å². The lowest BCUT2D eigenvalue weighted by atomic mass is 10.1. The number of carbonyl (C=O) groups is 2. The Balaban J connectivity index is 1.61. The molecule has 1 aromatic heterocycles. The van der Waals surface area contributed by atoms with E-state index in [0.29, 0.717) is 22.3 Å². The third kappa shape index (κ3) is 3.52. The highest BCUT2D eigenvalue weighted by Crippen LogP contribution is 2.31. The second kappa shape index (κ2) is 7.17. The molecule has 0 saturated carbocycles. The number of nitrogens with zero attached hydrogens (tertiary/aromatic N) is 3. The van der Waals surface area contributed by atoms with E-state index in [9.17, 15) is 9.59 Å². The fourth-order valence-electron chi connectivity index (χ4n) is 2.75.